The summed E-state index contributed by atoms with van der Waals surface area (Å²) in [6, 6.07) is 13.9. The molecule has 3 aromatic rings. The molecular formula is C20H20F2N2O3. The number of alkyl halides is 2. The summed E-state index contributed by atoms with van der Waals surface area (Å²) in [6.45, 7) is 0.446. The van der Waals surface area contributed by atoms with Crippen molar-refractivity contribution in [3.8, 4) is 5.75 Å². The number of benzene rings is 2. The highest BCUT2D eigenvalue weighted by Crippen LogP contribution is 2.28. The van der Waals surface area contributed by atoms with Crippen molar-refractivity contribution < 1.29 is 23.0 Å². The number of halogens is 2. The zero-order valence-electron chi connectivity index (χ0n) is 15.1. The van der Waals surface area contributed by atoms with E-state index in [2.05, 4.69) is 4.98 Å². The van der Waals surface area contributed by atoms with Gasteiger partial charge < -0.3 is 9.47 Å². The molecule has 0 aliphatic rings. The summed E-state index contributed by atoms with van der Waals surface area (Å²) in [6.07, 6.45) is -0.0321. The van der Waals surface area contributed by atoms with Crippen molar-refractivity contribution in [3.05, 3.63) is 59.9 Å². The van der Waals surface area contributed by atoms with Gasteiger partial charge in [0.25, 0.3) is 0 Å². The standard InChI is InChI=1S/C20H20F2N2O3/c1-3-14-8-10-15(11-9-14)26-12-18(25)27-13(2)19-23-16-6-4-5-7-17(16)24(19)20(21)22/h4-11,13,20H,3,12H2,1-2H3. The Kier molecular flexibility index (Phi) is 5.69. The van der Waals surface area contributed by atoms with Gasteiger partial charge in [-0.2, -0.15) is 8.78 Å². The topological polar surface area (TPSA) is 53.4 Å². The Morgan fingerprint density at radius 1 is 1.15 bits per heavy atom. The maximum Gasteiger partial charge on any atom is 0.344 e. The minimum atomic E-state index is -2.79. The van der Waals surface area contributed by atoms with E-state index in [9.17, 15) is 13.6 Å². The van der Waals surface area contributed by atoms with E-state index in [1.54, 1.807) is 36.4 Å². The van der Waals surface area contributed by atoms with Crippen LogP contribution in [0.15, 0.2) is 48.5 Å². The second-order valence-electron chi connectivity index (χ2n) is 6.02. The number of ether oxygens (including phenoxy) is 2. The first kappa shape index (κ1) is 18.8. The van der Waals surface area contributed by atoms with Crippen LogP contribution < -0.4 is 4.74 Å². The van der Waals surface area contributed by atoms with Crippen molar-refractivity contribution in [2.75, 3.05) is 6.61 Å². The lowest BCUT2D eigenvalue weighted by molar-refractivity contribution is -0.151. The zero-order chi connectivity index (χ0) is 19.4. The number of imidazole rings is 1. The number of carbonyl (C=O) groups is 1. The molecular weight excluding hydrogens is 354 g/mol. The SMILES string of the molecule is CCc1ccc(OCC(=O)OC(C)c2nc3ccccc3n2C(F)F)cc1. The molecule has 0 aliphatic heterocycles. The summed E-state index contributed by atoms with van der Waals surface area (Å²) in [7, 11) is 0. The number of fused-ring (bicyclic) bond motifs is 1. The summed E-state index contributed by atoms with van der Waals surface area (Å²) >= 11 is 0. The number of aryl methyl sites for hydroxylation is 1. The largest absolute Gasteiger partial charge is 0.482 e. The van der Waals surface area contributed by atoms with Crippen LogP contribution in [0, 0.1) is 0 Å². The van der Waals surface area contributed by atoms with Gasteiger partial charge in [0, 0.05) is 0 Å². The molecule has 1 heterocycles. The Morgan fingerprint density at radius 3 is 2.52 bits per heavy atom. The molecule has 0 fully saturated rings. The van der Waals surface area contributed by atoms with Crippen molar-refractivity contribution >= 4 is 17.0 Å². The molecule has 5 nitrogen and oxygen atoms in total. The summed E-state index contributed by atoms with van der Waals surface area (Å²) in [5.41, 5.74) is 1.87. The Hall–Kier alpha value is -2.96. The molecule has 1 unspecified atom stereocenters. The number of hydrogen-bond acceptors (Lipinski definition) is 4. The number of aromatic nitrogens is 2. The summed E-state index contributed by atoms with van der Waals surface area (Å²) in [5.74, 6) is -0.126. The van der Waals surface area contributed by atoms with Crippen LogP contribution in [0.4, 0.5) is 8.78 Å². The van der Waals surface area contributed by atoms with Crippen LogP contribution >= 0.6 is 0 Å². The van der Waals surface area contributed by atoms with Gasteiger partial charge in [-0.1, -0.05) is 31.2 Å². The van der Waals surface area contributed by atoms with E-state index in [1.807, 2.05) is 19.1 Å². The lowest BCUT2D eigenvalue weighted by atomic mass is 10.2. The van der Waals surface area contributed by atoms with E-state index in [4.69, 9.17) is 9.47 Å². The third kappa shape index (κ3) is 4.24. The summed E-state index contributed by atoms with van der Waals surface area (Å²) in [4.78, 5) is 16.2. The van der Waals surface area contributed by atoms with Gasteiger partial charge in [-0.05, 0) is 43.2 Å². The second kappa shape index (κ2) is 8.16. The predicted molar refractivity (Wildman–Crippen MR) is 96.8 cm³/mol. The molecule has 3 rings (SSSR count). The normalized spacial score (nSPS) is 12.3. The van der Waals surface area contributed by atoms with Crippen LogP contribution in [0.25, 0.3) is 11.0 Å². The van der Waals surface area contributed by atoms with Gasteiger partial charge in [-0.25, -0.2) is 9.78 Å². The van der Waals surface area contributed by atoms with Crippen molar-refractivity contribution in [3.63, 3.8) is 0 Å². The Bertz CT molecular complexity index is 923. The number of para-hydroxylation sites is 2. The van der Waals surface area contributed by atoms with E-state index < -0.39 is 18.6 Å². The lowest BCUT2D eigenvalue weighted by Gasteiger charge is -2.15. The Labute approximate surface area is 155 Å². The van der Waals surface area contributed by atoms with E-state index in [0.29, 0.717) is 11.3 Å². The van der Waals surface area contributed by atoms with Crippen molar-refractivity contribution in [1.82, 2.24) is 9.55 Å². The number of esters is 1. The molecule has 2 aromatic carbocycles. The van der Waals surface area contributed by atoms with Crippen LogP contribution in [-0.4, -0.2) is 22.1 Å². The molecule has 0 aliphatic carbocycles. The number of rotatable bonds is 7. The van der Waals surface area contributed by atoms with Crippen LogP contribution in [0.3, 0.4) is 0 Å². The van der Waals surface area contributed by atoms with Gasteiger partial charge in [-0.15, -0.1) is 0 Å². The molecule has 0 amide bonds. The quantitative estimate of drug-likeness (QED) is 0.564. The molecule has 0 N–H and O–H groups in total. The van der Waals surface area contributed by atoms with Crippen molar-refractivity contribution in [2.24, 2.45) is 0 Å². The first-order valence-electron chi connectivity index (χ1n) is 8.65. The third-order valence-electron chi connectivity index (χ3n) is 4.18. The monoisotopic (exact) mass is 374 g/mol. The van der Waals surface area contributed by atoms with Gasteiger partial charge in [0.15, 0.2) is 18.5 Å². The van der Waals surface area contributed by atoms with E-state index in [-0.39, 0.29) is 17.9 Å². The summed E-state index contributed by atoms with van der Waals surface area (Å²) < 4.78 is 38.4. The van der Waals surface area contributed by atoms with Gasteiger partial charge in [0.2, 0.25) is 0 Å². The van der Waals surface area contributed by atoms with Crippen molar-refractivity contribution in [1.29, 1.82) is 0 Å². The predicted octanol–water partition coefficient (Wildman–Crippen LogP) is 4.68. The fraction of sp³-hybridized carbons (Fsp3) is 0.300. The maximum atomic E-state index is 13.5. The molecule has 27 heavy (non-hydrogen) atoms. The molecule has 0 saturated heterocycles. The fourth-order valence-corrected chi connectivity index (χ4v) is 2.80. The van der Waals surface area contributed by atoms with Gasteiger partial charge >= 0.3 is 12.5 Å². The Morgan fingerprint density at radius 2 is 1.85 bits per heavy atom. The molecule has 1 aromatic heterocycles. The van der Waals surface area contributed by atoms with Gasteiger partial charge in [-0.3, -0.25) is 4.57 Å². The molecule has 142 valence electrons. The number of nitrogens with zero attached hydrogens (tertiary/aromatic N) is 2. The van der Waals surface area contributed by atoms with Crippen LogP contribution in [0.2, 0.25) is 0 Å². The summed E-state index contributed by atoms with van der Waals surface area (Å²) in [5, 5.41) is 0. The second-order valence-corrected chi connectivity index (χ2v) is 6.02. The van der Waals surface area contributed by atoms with E-state index in [0.717, 1.165) is 16.6 Å². The highest BCUT2D eigenvalue weighted by molar-refractivity contribution is 5.76. The lowest BCUT2D eigenvalue weighted by Crippen LogP contribution is -2.19. The average molecular weight is 374 g/mol. The number of carbonyl (C=O) groups excluding carboxylic acids is 1. The number of hydrogen-bond donors (Lipinski definition) is 0. The molecule has 0 spiro atoms. The maximum absolute atomic E-state index is 13.5. The van der Waals surface area contributed by atoms with Gasteiger partial charge in [0.1, 0.15) is 5.75 Å². The molecule has 1 atom stereocenters. The highest BCUT2D eigenvalue weighted by Gasteiger charge is 2.24. The Balaban J connectivity index is 1.67. The third-order valence-corrected chi connectivity index (χ3v) is 4.18. The molecule has 7 heteroatoms. The highest BCUT2D eigenvalue weighted by atomic mass is 19.3. The van der Waals surface area contributed by atoms with E-state index >= 15 is 0 Å². The van der Waals surface area contributed by atoms with Crippen LogP contribution in [0.1, 0.15) is 37.9 Å². The van der Waals surface area contributed by atoms with Crippen LogP contribution in [0.5, 0.6) is 5.75 Å². The van der Waals surface area contributed by atoms with Gasteiger partial charge in [0.05, 0.1) is 11.0 Å². The van der Waals surface area contributed by atoms with Crippen molar-refractivity contribution in [2.45, 2.75) is 32.9 Å². The minimum absolute atomic E-state index is 0.00755. The smallest absolute Gasteiger partial charge is 0.344 e. The molecule has 0 bridgehead atoms. The minimum Gasteiger partial charge on any atom is -0.482 e. The zero-order valence-corrected chi connectivity index (χ0v) is 15.1. The van der Waals surface area contributed by atoms with Crippen LogP contribution in [-0.2, 0) is 16.0 Å². The molecule has 0 radical (unpaired) electrons. The average Bonchev–Trinajstić information content (AvgIpc) is 3.07. The fourth-order valence-electron chi connectivity index (χ4n) is 2.80. The first-order valence-corrected chi connectivity index (χ1v) is 8.65. The van der Waals surface area contributed by atoms with E-state index in [1.165, 1.54) is 6.92 Å². The molecule has 0 saturated carbocycles. The first-order chi connectivity index (χ1) is 13.0.